The molecule has 0 radical (unpaired) electrons. The molecule has 0 spiro atoms. The number of nitrogens with two attached hydrogens (primary N) is 1. The smallest absolute Gasteiger partial charge is 0.389 e. The average Bonchev–Trinajstić information content (AvgIpc) is 2.61. The van der Waals surface area contributed by atoms with Crippen molar-refractivity contribution in [3.63, 3.8) is 0 Å². The molecule has 2 aliphatic rings. The summed E-state index contributed by atoms with van der Waals surface area (Å²) < 4.78 is 14.9. The van der Waals surface area contributed by atoms with Crippen molar-refractivity contribution in [1.29, 1.82) is 0 Å². The van der Waals surface area contributed by atoms with Crippen molar-refractivity contribution in [2.24, 2.45) is 10.7 Å². The summed E-state index contributed by atoms with van der Waals surface area (Å²) in [7, 11) is -4.63. The van der Waals surface area contributed by atoms with E-state index in [2.05, 4.69) is 20.1 Å². The summed E-state index contributed by atoms with van der Waals surface area (Å²) >= 11 is 0. The first-order valence-corrected chi connectivity index (χ1v) is 6.73. The average molecular weight is 282 g/mol. The molecule has 0 saturated carbocycles. The van der Waals surface area contributed by atoms with Gasteiger partial charge in [-0.2, -0.15) is 0 Å². The molecule has 1 saturated heterocycles. The van der Waals surface area contributed by atoms with E-state index in [1.165, 1.54) is 0 Å². The first-order valence-electron chi connectivity index (χ1n) is 5.20. The predicted octanol–water partition coefficient (Wildman–Crippen LogP) is -3.60. The Bertz CT molecular complexity index is 399. The minimum absolute atomic E-state index is 0.125. The molecule has 1 fully saturated rings. The Morgan fingerprint density at radius 1 is 1.39 bits per heavy atom. The van der Waals surface area contributed by atoms with Gasteiger partial charge in [-0.05, 0) is 0 Å². The van der Waals surface area contributed by atoms with E-state index in [1.807, 2.05) is 0 Å². The monoisotopic (exact) mass is 282 g/mol. The molecule has 0 aromatic rings. The maximum Gasteiger partial charge on any atom is 0.469 e. The molecule has 104 valence electrons. The van der Waals surface area contributed by atoms with Crippen LogP contribution in [0.5, 0.6) is 0 Å². The Morgan fingerprint density at radius 2 is 2.06 bits per heavy atom. The molecule has 0 aromatic carbocycles. The molecule has 0 amide bonds. The van der Waals surface area contributed by atoms with Gasteiger partial charge in [0.05, 0.1) is 24.8 Å². The fourth-order valence-electron chi connectivity index (χ4n) is 2.02. The highest BCUT2D eigenvalue weighted by atomic mass is 31.2. The van der Waals surface area contributed by atoms with Gasteiger partial charge in [0.15, 0.2) is 5.96 Å². The lowest BCUT2D eigenvalue weighted by atomic mass is 9.93. The van der Waals surface area contributed by atoms with E-state index >= 15 is 0 Å². The van der Waals surface area contributed by atoms with Gasteiger partial charge in [0.2, 0.25) is 0 Å². The van der Waals surface area contributed by atoms with Gasteiger partial charge in [0, 0.05) is 0 Å². The molecule has 8 N–H and O–H groups in total. The van der Waals surface area contributed by atoms with Gasteiger partial charge in [-0.25, -0.2) is 9.56 Å². The summed E-state index contributed by atoms with van der Waals surface area (Å²) in [5.41, 5.74) is 5.44. The second-order valence-corrected chi connectivity index (χ2v) is 5.41. The molecule has 2 rings (SSSR count). The maximum absolute atomic E-state index is 10.6. The van der Waals surface area contributed by atoms with Crippen LogP contribution in [0.4, 0.5) is 0 Å². The van der Waals surface area contributed by atoms with Gasteiger partial charge in [0.1, 0.15) is 12.3 Å². The number of aliphatic imine (C=N–C) groups is 1. The van der Waals surface area contributed by atoms with Crippen LogP contribution in [0.15, 0.2) is 4.99 Å². The van der Waals surface area contributed by atoms with Crippen LogP contribution in [0, 0.1) is 0 Å². The van der Waals surface area contributed by atoms with Crippen LogP contribution in [0.25, 0.3) is 0 Å². The number of phosphoric ester groups is 1. The fourth-order valence-corrected chi connectivity index (χ4v) is 2.38. The molecule has 0 aromatic heterocycles. The lowest BCUT2D eigenvalue weighted by Gasteiger charge is -2.39. The maximum atomic E-state index is 10.6. The number of phosphoric acid groups is 1. The van der Waals surface area contributed by atoms with Crippen LogP contribution in [-0.2, 0) is 9.09 Å². The summed E-state index contributed by atoms with van der Waals surface area (Å²) in [5.74, 6) is 0.125. The fraction of sp³-hybridized carbons (Fsp3) is 0.857. The van der Waals surface area contributed by atoms with Crippen molar-refractivity contribution in [2.75, 3.05) is 6.61 Å². The number of hydrogen-bond acceptors (Lipinski definition) is 8. The number of guanidine groups is 1. The Balaban J connectivity index is 2.02. The quantitative estimate of drug-likeness (QED) is 0.258. The van der Waals surface area contributed by atoms with Crippen LogP contribution in [0.3, 0.4) is 0 Å². The number of rotatable bonds is 3. The third-order valence-corrected chi connectivity index (χ3v) is 3.36. The Labute approximate surface area is 102 Å². The number of aliphatic hydroxyl groups is 2. The van der Waals surface area contributed by atoms with E-state index in [0.29, 0.717) is 0 Å². The van der Waals surface area contributed by atoms with Crippen LogP contribution in [0.2, 0.25) is 0 Å². The normalized spacial score (nSPS) is 40.0. The summed E-state index contributed by atoms with van der Waals surface area (Å²) in [6.07, 6.45) is -3.01. The summed E-state index contributed by atoms with van der Waals surface area (Å²) in [6.45, 7) is -0.457. The minimum atomic E-state index is -4.63. The number of nitrogens with one attached hydrogen (secondary N) is 2. The van der Waals surface area contributed by atoms with E-state index in [9.17, 15) is 14.8 Å². The molecule has 0 aliphatic carbocycles. The highest BCUT2D eigenvalue weighted by Crippen LogP contribution is 2.36. The van der Waals surface area contributed by atoms with Crippen LogP contribution in [-0.4, -0.2) is 63.0 Å². The van der Waals surface area contributed by atoms with Gasteiger partial charge >= 0.3 is 7.82 Å². The largest absolute Gasteiger partial charge is 0.469 e. The zero-order valence-corrected chi connectivity index (χ0v) is 10.1. The Morgan fingerprint density at radius 3 is 2.67 bits per heavy atom. The molecular formula is C7H15N4O6P. The topological polar surface area (TPSA) is 170 Å². The van der Waals surface area contributed by atoms with Gasteiger partial charge in [-0.1, -0.05) is 0 Å². The predicted molar refractivity (Wildman–Crippen MR) is 59.3 cm³/mol. The van der Waals surface area contributed by atoms with Gasteiger partial charge < -0.3 is 31.1 Å². The van der Waals surface area contributed by atoms with Crippen molar-refractivity contribution in [2.45, 2.75) is 30.5 Å². The first-order chi connectivity index (χ1) is 8.28. The van der Waals surface area contributed by atoms with Crippen LogP contribution in [0.1, 0.15) is 0 Å². The first kappa shape index (κ1) is 13.7. The molecule has 11 heteroatoms. The highest BCUT2D eigenvalue weighted by molar-refractivity contribution is 7.46. The third-order valence-electron chi connectivity index (χ3n) is 2.87. The standard InChI is InChI=1S/C7H15N4O6P/c8-7-10-3-5(13)4(12)2(9-6(3)11-7)1-17-18(14,15)16/h2-6,9,12-13H,1H2,(H3,8,10,11)(H2,14,15,16)/t2-,3-,4-,5-,6-/m1/s1. The number of piperidine rings is 1. The minimum Gasteiger partial charge on any atom is -0.389 e. The van der Waals surface area contributed by atoms with E-state index in [-0.39, 0.29) is 5.96 Å². The second kappa shape index (κ2) is 4.74. The van der Waals surface area contributed by atoms with Gasteiger partial charge in [-0.15, -0.1) is 0 Å². The van der Waals surface area contributed by atoms with Crippen LogP contribution < -0.4 is 16.4 Å². The molecule has 2 heterocycles. The Hall–Kier alpha value is -0.740. The number of aliphatic hydroxyl groups excluding tert-OH is 2. The molecule has 10 nitrogen and oxygen atoms in total. The van der Waals surface area contributed by atoms with E-state index in [1.54, 1.807) is 0 Å². The van der Waals surface area contributed by atoms with E-state index in [0.717, 1.165) is 0 Å². The molecule has 2 aliphatic heterocycles. The second-order valence-electron chi connectivity index (χ2n) is 4.17. The SMILES string of the molecule is NC1=N[C@H]2N[C@H](COP(=O)(O)O)[C@@H](O)[C@H](O)[C@H]2N1. The lowest BCUT2D eigenvalue weighted by Crippen LogP contribution is -2.67. The molecule has 5 atom stereocenters. The van der Waals surface area contributed by atoms with Gasteiger partial charge in [0.25, 0.3) is 0 Å². The van der Waals surface area contributed by atoms with E-state index in [4.69, 9.17) is 15.5 Å². The highest BCUT2D eigenvalue weighted by Gasteiger charge is 2.46. The zero-order valence-electron chi connectivity index (χ0n) is 9.17. The summed E-state index contributed by atoms with van der Waals surface area (Å²) in [5, 5.41) is 25.1. The zero-order chi connectivity index (χ0) is 13.5. The van der Waals surface area contributed by atoms with Crippen molar-refractivity contribution < 1.29 is 29.1 Å². The van der Waals surface area contributed by atoms with Crippen molar-refractivity contribution in [3.8, 4) is 0 Å². The number of hydrogen-bond donors (Lipinski definition) is 7. The van der Waals surface area contributed by atoms with Crippen molar-refractivity contribution in [1.82, 2.24) is 10.6 Å². The van der Waals surface area contributed by atoms with Gasteiger partial charge in [-0.3, -0.25) is 9.84 Å². The van der Waals surface area contributed by atoms with E-state index < -0.39 is 44.9 Å². The summed E-state index contributed by atoms with van der Waals surface area (Å²) in [6, 6.07) is -1.43. The lowest BCUT2D eigenvalue weighted by molar-refractivity contribution is -0.0615. The molecule has 0 bridgehead atoms. The number of fused-ring (bicyclic) bond motifs is 1. The Kier molecular flexibility index (Phi) is 3.60. The molecular weight excluding hydrogens is 267 g/mol. The molecule has 0 unspecified atom stereocenters. The van der Waals surface area contributed by atoms with Crippen LogP contribution >= 0.6 is 7.82 Å². The van der Waals surface area contributed by atoms with Crippen molar-refractivity contribution >= 4 is 13.8 Å². The number of nitrogens with zero attached hydrogens (tertiary/aromatic N) is 1. The molecule has 18 heavy (non-hydrogen) atoms. The summed E-state index contributed by atoms with van der Waals surface area (Å²) in [4.78, 5) is 21.1. The van der Waals surface area contributed by atoms with Crippen molar-refractivity contribution in [3.05, 3.63) is 0 Å². The third kappa shape index (κ3) is 2.81.